The molecule has 0 saturated heterocycles. The summed E-state index contributed by atoms with van der Waals surface area (Å²) < 4.78 is 6.24. The fourth-order valence-electron chi connectivity index (χ4n) is 3.19. The van der Waals surface area contributed by atoms with Crippen LogP contribution in [0.15, 0.2) is 0 Å². The molecule has 1 aliphatic rings. The summed E-state index contributed by atoms with van der Waals surface area (Å²) in [5.74, 6) is 0. The highest BCUT2D eigenvalue weighted by atomic mass is 16.5. The van der Waals surface area contributed by atoms with E-state index in [2.05, 4.69) is 4.90 Å². The summed E-state index contributed by atoms with van der Waals surface area (Å²) in [5, 5.41) is 9.44. The van der Waals surface area contributed by atoms with Crippen molar-refractivity contribution in [2.75, 3.05) is 27.4 Å². The number of aliphatic hydroxyl groups is 1. The van der Waals surface area contributed by atoms with Gasteiger partial charge in [-0.1, -0.05) is 57.8 Å². The van der Waals surface area contributed by atoms with Crippen LogP contribution in [0.5, 0.6) is 0 Å². The van der Waals surface area contributed by atoms with Gasteiger partial charge in [0.15, 0.2) is 0 Å². The molecule has 20 heavy (non-hydrogen) atoms. The first-order valence-electron chi connectivity index (χ1n) is 8.58. The topological polar surface area (TPSA) is 32.7 Å². The highest BCUT2D eigenvalue weighted by molar-refractivity contribution is 4.81. The third kappa shape index (κ3) is 7.61. The Bertz CT molecular complexity index is 219. The largest absolute Gasteiger partial charge is 0.396 e. The van der Waals surface area contributed by atoms with Crippen molar-refractivity contribution >= 4 is 0 Å². The summed E-state index contributed by atoms with van der Waals surface area (Å²) in [6, 6.07) is 0. The second kappa shape index (κ2) is 10.6. The quantitative estimate of drug-likeness (QED) is 0.776. The van der Waals surface area contributed by atoms with Crippen LogP contribution in [0, 0.1) is 0 Å². The standard InChI is InChI=1S/C17H35NO2/c1-18(2)16-20-17(14-15-19)12-10-8-6-4-3-5-7-9-11-13-17/h19H,3-16H2,1-2H3. The van der Waals surface area contributed by atoms with Crippen molar-refractivity contribution < 1.29 is 9.84 Å². The maximum absolute atomic E-state index is 9.44. The van der Waals surface area contributed by atoms with Crippen LogP contribution in [0.1, 0.15) is 77.0 Å². The molecular formula is C17H35NO2. The number of hydrogen-bond donors (Lipinski definition) is 1. The summed E-state index contributed by atoms with van der Waals surface area (Å²) in [4.78, 5) is 2.08. The van der Waals surface area contributed by atoms with Crippen molar-refractivity contribution in [2.45, 2.75) is 82.7 Å². The predicted molar refractivity (Wildman–Crippen MR) is 84.9 cm³/mol. The third-order valence-electron chi connectivity index (χ3n) is 4.46. The van der Waals surface area contributed by atoms with E-state index >= 15 is 0 Å². The zero-order valence-corrected chi connectivity index (χ0v) is 13.7. The maximum Gasteiger partial charge on any atom is 0.0992 e. The normalized spacial score (nSPS) is 22.2. The fraction of sp³-hybridized carbons (Fsp3) is 1.00. The van der Waals surface area contributed by atoms with E-state index in [-0.39, 0.29) is 12.2 Å². The number of aliphatic hydroxyl groups excluding tert-OH is 1. The molecular weight excluding hydrogens is 250 g/mol. The molecule has 0 heterocycles. The summed E-state index contributed by atoms with van der Waals surface area (Å²) in [6.45, 7) is 0.910. The van der Waals surface area contributed by atoms with E-state index in [0.717, 1.165) is 19.3 Å². The zero-order valence-electron chi connectivity index (χ0n) is 13.7. The van der Waals surface area contributed by atoms with E-state index in [1.54, 1.807) is 0 Å². The first kappa shape index (κ1) is 17.9. The van der Waals surface area contributed by atoms with E-state index in [4.69, 9.17) is 4.74 Å². The molecule has 1 rings (SSSR count). The van der Waals surface area contributed by atoms with Gasteiger partial charge in [-0.2, -0.15) is 0 Å². The second-order valence-corrected chi connectivity index (χ2v) is 6.69. The molecule has 0 spiro atoms. The van der Waals surface area contributed by atoms with Crippen molar-refractivity contribution in [3.8, 4) is 0 Å². The average Bonchev–Trinajstić information content (AvgIpc) is 2.40. The number of hydrogen-bond acceptors (Lipinski definition) is 3. The van der Waals surface area contributed by atoms with Gasteiger partial charge >= 0.3 is 0 Å². The molecule has 0 aliphatic heterocycles. The SMILES string of the molecule is CN(C)COC1(CCO)CCCCCCCCCCC1. The first-order valence-corrected chi connectivity index (χ1v) is 8.58. The van der Waals surface area contributed by atoms with Crippen LogP contribution in [0.4, 0.5) is 0 Å². The van der Waals surface area contributed by atoms with Crippen molar-refractivity contribution in [1.29, 1.82) is 0 Å². The van der Waals surface area contributed by atoms with Crippen LogP contribution in [0.25, 0.3) is 0 Å². The Morgan fingerprint density at radius 1 is 0.850 bits per heavy atom. The van der Waals surface area contributed by atoms with E-state index in [1.807, 2.05) is 14.1 Å². The highest BCUT2D eigenvalue weighted by Crippen LogP contribution is 2.31. The minimum atomic E-state index is -0.0851. The van der Waals surface area contributed by atoms with Gasteiger partial charge < -0.3 is 9.84 Å². The summed E-state index contributed by atoms with van der Waals surface area (Å²) >= 11 is 0. The van der Waals surface area contributed by atoms with Crippen LogP contribution in [-0.2, 0) is 4.74 Å². The van der Waals surface area contributed by atoms with Crippen LogP contribution in [-0.4, -0.2) is 43.0 Å². The van der Waals surface area contributed by atoms with Crippen molar-refractivity contribution in [2.24, 2.45) is 0 Å². The molecule has 0 bridgehead atoms. The lowest BCUT2D eigenvalue weighted by molar-refractivity contribution is -0.106. The van der Waals surface area contributed by atoms with Gasteiger partial charge in [-0.15, -0.1) is 0 Å². The molecule has 0 aromatic carbocycles. The van der Waals surface area contributed by atoms with Gasteiger partial charge in [-0.05, 0) is 33.4 Å². The lowest BCUT2D eigenvalue weighted by atomic mass is 9.86. The van der Waals surface area contributed by atoms with Crippen LogP contribution >= 0.6 is 0 Å². The maximum atomic E-state index is 9.44. The van der Waals surface area contributed by atoms with E-state index < -0.39 is 0 Å². The minimum absolute atomic E-state index is 0.0851. The molecule has 120 valence electrons. The van der Waals surface area contributed by atoms with Crippen LogP contribution in [0.3, 0.4) is 0 Å². The van der Waals surface area contributed by atoms with Crippen molar-refractivity contribution in [1.82, 2.24) is 4.90 Å². The van der Waals surface area contributed by atoms with Gasteiger partial charge in [-0.3, -0.25) is 4.90 Å². The van der Waals surface area contributed by atoms with Gasteiger partial charge in [0.2, 0.25) is 0 Å². The molecule has 1 fully saturated rings. The van der Waals surface area contributed by atoms with E-state index in [9.17, 15) is 5.11 Å². The minimum Gasteiger partial charge on any atom is -0.396 e. The van der Waals surface area contributed by atoms with Gasteiger partial charge in [-0.25, -0.2) is 0 Å². The van der Waals surface area contributed by atoms with Gasteiger partial charge in [0.1, 0.15) is 0 Å². The molecule has 0 aromatic heterocycles. The lowest BCUT2D eigenvalue weighted by Crippen LogP contribution is -2.37. The molecule has 0 aromatic rings. The molecule has 3 heteroatoms. The lowest BCUT2D eigenvalue weighted by Gasteiger charge is -2.35. The number of rotatable bonds is 5. The Kier molecular flexibility index (Phi) is 9.49. The third-order valence-corrected chi connectivity index (χ3v) is 4.46. The molecule has 0 unspecified atom stereocenters. The van der Waals surface area contributed by atoms with Crippen molar-refractivity contribution in [3.63, 3.8) is 0 Å². The summed E-state index contributed by atoms with van der Waals surface area (Å²) in [5.41, 5.74) is -0.0851. The van der Waals surface area contributed by atoms with Gasteiger partial charge in [0.25, 0.3) is 0 Å². The predicted octanol–water partition coefficient (Wildman–Crippen LogP) is 3.95. The van der Waals surface area contributed by atoms with Gasteiger partial charge in [0, 0.05) is 6.61 Å². The molecule has 1 N–H and O–H groups in total. The Morgan fingerprint density at radius 2 is 1.30 bits per heavy atom. The Balaban J connectivity index is 2.56. The molecule has 0 atom stereocenters. The van der Waals surface area contributed by atoms with Crippen molar-refractivity contribution in [3.05, 3.63) is 0 Å². The number of nitrogens with zero attached hydrogens (tertiary/aromatic N) is 1. The Hall–Kier alpha value is -0.120. The van der Waals surface area contributed by atoms with E-state index in [1.165, 1.54) is 57.8 Å². The second-order valence-electron chi connectivity index (χ2n) is 6.69. The molecule has 1 aliphatic carbocycles. The molecule has 0 amide bonds. The molecule has 3 nitrogen and oxygen atoms in total. The molecule has 1 saturated carbocycles. The first-order chi connectivity index (χ1) is 9.68. The highest BCUT2D eigenvalue weighted by Gasteiger charge is 2.29. The van der Waals surface area contributed by atoms with Crippen LogP contribution < -0.4 is 0 Å². The average molecular weight is 285 g/mol. The smallest absolute Gasteiger partial charge is 0.0992 e. The Labute approximate surface area is 125 Å². The zero-order chi connectivity index (χ0) is 14.7. The Morgan fingerprint density at radius 3 is 1.70 bits per heavy atom. The van der Waals surface area contributed by atoms with E-state index in [0.29, 0.717) is 6.73 Å². The summed E-state index contributed by atoms with van der Waals surface area (Å²) in [6.07, 6.45) is 15.1. The van der Waals surface area contributed by atoms with Gasteiger partial charge in [0.05, 0.1) is 12.3 Å². The van der Waals surface area contributed by atoms with Crippen LogP contribution in [0.2, 0.25) is 0 Å². The number of ether oxygens (including phenoxy) is 1. The summed E-state index contributed by atoms with van der Waals surface area (Å²) in [7, 11) is 4.09. The molecule has 0 radical (unpaired) electrons. The monoisotopic (exact) mass is 285 g/mol. The fourth-order valence-corrected chi connectivity index (χ4v) is 3.19.